The van der Waals surface area contributed by atoms with Crippen LogP contribution in [0.1, 0.15) is 91.9 Å². The molecule has 6 atom stereocenters. The van der Waals surface area contributed by atoms with Crippen molar-refractivity contribution in [3.05, 3.63) is 34.9 Å². The van der Waals surface area contributed by atoms with Crippen LogP contribution in [0, 0.1) is 23.2 Å². The molecule has 3 aliphatic carbocycles. The largest absolute Gasteiger partial charge is 0.390 e. The van der Waals surface area contributed by atoms with Gasteiger partial charge in [0.2, 0.25) is 0 Å². The predicted molar refractivity (Wildman–Crippen MR) is 129 cm³/mol. The Morgan fingerprint density at radius 2 is 1.84 bits per heavy atom. The Morgan fingerprint density at radius 1 is 1.16 bits per heavy atom. The third kappa shape index (κ3) is 5.93. The topological polar surface area (TPSA) is 60.7 Å². The molecule has 3 nitrogen and oxygen atoms in total. The molecule has 32 heavy (non-hydrogen) atoms. The van der Waals surface area contributed by atoms with Crippen LogP contribution in [0.2, 0.25) is 0 Å². The van der Waals surface area contributed by atoms with Crippen LogP contribution in [0.15, 0.2) is 34.9 Å². The van der Waals surface area contributed by atoms with Crippen LogP contribution in [-0.4, -0.2) is 39.8 Å². The Kier molecular flexibility index (Phi) is 8.44. The van der Waals surface area contributed by atoms with Gasteiger partial charge in [0.25, 0.3) is 0 Å². The lowest BCUT2D eigenvalue weighted by Gasteiger charge is -2.44. The molecule has 3 rings (SSSR count). The molecular weight excluding hydrogens is 403 g/mol. The zero-order valence-corrected chi connectivity index (χ0v) is 20.6. The van der Waals surface area contributed by atoms with Crippen molar-refractivity contribution in [3.8, 4) is 0 Å². The lowest BCUT2D eigenvalue weighted by molar-refractivity contribution is 0.0596. The van der Waals surface area contributed by atoms with Crippen LogP contribution in [0.3, 0.4) is 0 Å². The maximum Gasteiger partial charge on any atom is 0.108 e. The van der Waals surface area contributed by atoms with Crippen molar-refractivity contribution in [3.63, 3.8) is 0 Å². The molecule has 0 heterocycles. The second-order valence-electron chi connectivity index (χ2n) is 11.6. The van der Waals surface area contributed by atoms with E-state index >= 15 is 0 Å². The number of rotatable bonds is 7. The van der Waals surface area contributed by atoms with Gasteiger partial charge in [-0.05, 0) is 100 Å². The van der Waals surface area contributed by atoms with E-state index in [1.165, 1.54) is 43.8 Å². The van der Waals surface area contributed by atoms with E-state index in [-0.39, 0.29) is 0 Å². The number of allylic oxidation sites excluding steroid dienone is 4. The molecule has 4 heteroatoms. The number of aliphatic hydroxyl groups is 3. The molecule has 0 aromatic heterocycles. The van der Waals surface area contributed by atoms with Crippen LogP contribution < -0.4 is 0 Å². The number of alkyl halides is 1. The minimum absolute atomic E-state index is 0.347. The maximum atomic E-state index is 12.6. The average molecular weight is 449 g/mol. The van der Waals surface area contributed by atoms with Crippen LogP contribution in [0.5, 0.6) is 0 Å². The first-order chi connectivity index (χ1) is 15.0. The molecule has 0 saturated heterocycles. The van der Waals surface area contributed by atoms with Gasteiger partial charge in [-0.15, -0.1) is 0 Å². The summed E-state index contributed by atoms with van der Waals surface area (Å²) in [6, 6.07) is 0. The zero-order valence-electron chi connectivity index (χ0n) is 20.6. The third-order valence-corrected chi connectivity index (χ3v) is 8.70. The van der Waals surface area contributed by atoms with E-state index < -0.39 is 24.5 Å². The Morgan fingerprint density at radius 3 is 2.47 bits per heavy atom. The van der Waals surface area contributed by atoms with Crippen LogP contribution >= 0.6 is 0 Å². The van der Waals surface area contributed by atoms with E-state index in [2.05, 4.69) is 26.0 Å². The smallest absolute Gasteiger partial charge is 0.108 e. The monoisotopic (exact) mass is 448 g/mol. The second kappa shape index (κ2) is 10.5. The second-order valence-corrected chi connectivity index (χ2v) is 11.6. The Balaban J connectivity index is 1.67. The van der Waals surface area contributed by atoms with E-state index in [1.54, 1.807) is 0 Å². The van der Waals surface area contributed by atoms with Crippen molar-refractivity contribution in [2.75, 3.05) is 6.67 Å². The fourth-order valence-electron chi connectivity index (χ4n) is 7.03. The summed E-state index contributed by atoms with van der Waals surface area (Å²) in [4.78, 5) is 0. The van der Waals surface area contributed by atoms with Gasteiger partial charge >= 0.3 is 0 Å². The van der Waals surface area contributed by atoms with E-state index in [0.29, 0.717) is 35.7 Å². The van der Waals surface area contributed by atoms with E-state index in [4.69, 9.17) is 0 Å². The van der Waals surface area contributed by atoms with Gasteiger partial charge in [0.1, 0.15) is 6.67 Å². The predicted octanol–water partition coefficient (Wildman–Crippen LogP) is 6.04. The molecule has 0 radical (unpaired) electrons. The summed E-state index contributed by atoms with van der Waals surface area (Å²) in [6.07, 6.45) is 14.5. The maximum absolute atomic E-state index is 12.6. The normalized spacial score (nSPS) is 35.7. The van der Waals surface area contributed by atoms with Gasteiger partial charge in [-0.25, -0.2) is 4.39 Å². The van der Waals surface area contributed by atoms with Crippen molar-refractivity contribution in [1.82, 2.24) is 0 Å². The third-order valence-electron chi connectivity index (χ3n) is 8.70. The van der Waals surface area contributed by atoms with E-state index in [9.17, 15) is 19.7 Å². The highest BCUT2D eigenvalue weighted by Gasteiger charge is 2.50. The SMILES string of the molecule is C[C@H](CCCC(C)(C)O)C1CCC2/C(=C/C=C3C[C@@H](O)C(=CCF)[C@H](O)C3)CCCC21C. The molecular formula is C28H45FO3. The van der Waals surface area contributed by atoms with E-state index in [0.717, 1.165) is 30.8 Å². The highest BCUT2D eigenvalue weighted by Crippen LogP contribution is 2.60. The number of aliphatic hydroxyl groups excluding tert-OH is 2. The molecule has 3 saturated carbocycles. The molecule has 0 aromatic rings. The van der Waals surface area contributed by atoms with Gasteiger partial charge in [0.15, 0.2) is 0 Å². The lowest BCUT2D eigenvalue weighted by Crippen LogP contribution is -2.36. The van der Waals surface area contributed by atoms with Gasteiger partial charge in [-0.2, -0.15) is 0 Å². The Hall–Kier alpha value is -0.970. The first kappa shape index (κ1) is 25.6. The zero-order chi connectivity index (χ0) is 23.5. The summed E-state index contributed by atoms with van der Waals surface area (Å²) in [7, 11) is 0. The lowest BCUT2D eigenvalue weighted by atomic mass is 9.60. The first-order valence-corrected chi connectivity index (χ1v) is 12.8. The summed E-state index contributed by atoms with van der Waals surface area (Å²) in [5.74, 6) is 2.03. The summed E-state index contributed by atoms with van der Waals surface area (Å²) in [6.45, 7) is 8.07. The fraction of sp³-hybridized carbons (Fsp3) is 0.786. The Labute approximate surface area is 194 Å². The minimum Gasteiger partial charge on any atom is -0.390 e. The average Bonchev–Trinajstić information content (AvgIpc) is 3.05. The van der Waals surface area contributed by atoms with Gasteiger partial charge in [0.05, 0.1) is 17.8 Å². The van der Waals surface area contributed by atoms with E-state index in [1.807, 2.05) is 13.8 Å². The van der Waals surface area contributed by atoms with Crippen molar-refractivity contribution in [1.29, 1.82) is 0 Å². The number of hydrogen-bond donors (Lipinski definition) is 3. The quantitative estimate of drug-likeness (QED) is 0.416. The molecule has 182 valence electrons. The van der Waals surface area contributed by atoms with Crippen LogP contribution in [-0.2, 0) is 0 Å². The molecule has 3 unspecified atom stereocenters. The van der Waals surface area contributed by atoms with Crippen LogP contribution in [0.4, 0.5) is 4.39 Å². The number of hydrogen-bond acceptors (Lipinski definition) is 3. The molecule has 0 aliphatic heterocycles. The highest BCUT2D eigenvalue weighted by atomic mass is 19.1. The first-order valence-electron chi connectivity index (χ1n) is 12.8. The highest BCUT2D eigenvalue weighted by molar-refractivity contribution is 5.30. The van der Waals surface area contributed by atoms with Gasteiger partial charge in [-0.1, -0.05) is 50.0 Å². The van der Waals surface area contributed by atoms with Crippen molar-refractivity contribution in [2.24, 2.45) is 23.2 Å². The minimum atomic E-state index is -0.781. The Bertz CT molecular complexity index is 715. The summed E-state index contributed by atoms with van der Waals surface area (Å²) >= 11 is 0. The number of halogens is 1. The molecule has 3 aliphatic rings. The molecule has 0 amide bonds. The fourth-order valence-corrected chi connectivity index (χ4v) is 7.03. The summed E-state index contributed by atoms with van der Waals surface area (Å²) < 4.78 is 12.6. The molecule has 0 spiro atoms. The molecule has 3 fully saturated rings. The van der Waals surface area contributed by atoms with Gasteiger partial charge < -0.3 is 15.3 Å². The molecule has 3 N–H and O–H groups in total. The number of fused-ring (bicyclic) bond motifs is 1. The molecule has 0 bridgehead atoms. The summed E-state index contributed by atoms with van der Waals surface area (Å²) in [5.41, 5.74) is 2.79. The summed E-state index contributed by atoms with van der Waals surface area (Å²) in [5, 5.41) is 30.7. The van der Waals surface area contributed by atoms with Crippen molar-refractivity contribution >= 4 is 0 Å². The molecule has 0 aromatic carbocycles. The van der Waals surface area contributed by atoms with Crippen LogP contribution in [0.25, 0.3) is 0 Å². The standard InChI is InChI=1S/C28H45FO3/c1-19(7-5-14-27(2,3)32)23-11-12-24-21(8-6-15-28(23,24)4)10-9-20-17-25(30)22(13-16-29)26(31)18-20/h9-10,13,19,23-26,30-32H,5-8,11-12,14-18H2,1-4H3/b20-9?,21-10+,22-13?/t19-,23?,24?,25-,26-,28?/m1/s1. The van der Waals surface area contributed by atoms with Gasteiger partial charge in [-0.3, -0.25) is 0 Å². The van der Waals surface area contributed by atoms with Crippen molar-refractivity contribution in [2.45, 2.75) is 110 Å². The van der Waals surface area contributed by atoms with Crippen molar-refractivity contribution < 1.29 is 19.7 Å². The van der Waals surface area contributed by atoms with Gasteiger partial charge in [0, 0.05) is 0 Å².